The molecule has 1 N–H and O–H groups in total. The van der Waals surface area contributed by atoms with Gasteiger partial charge < -0.3 is 5.11 Å². The Morgan fingerprint density at radius 2 is 2.40 bits per heavy atom. The second-order valence-electron chi connectivity index (χ2n) is 4.91. The van der Waals surface area contributed by atoms with E-state index in [-0.39, 0.29) is 24.3 Å². The lowest BCUT2D eigenvalue weighted by molar-refractivity contribution is -0.138. The lowest BCUT2D eigenvalue weighted by atomic mass is 10.0. The Kier molecular flexibility index (Phi) is 5.29. The number of nitrogens with zero attached hydrogens (tertiary/aromatic N) is 1. The molecule has 0 aromatic heterocycles. The fraction of sp³-hybridized carbons (Fsp3) is 0.500. The van der Waals surface area contributed by atoms with Crippen molar-refractivity contribution in [2.75, 3.05) is 18.1 Å². The van der Waals surface area contributed by atoms with Crippen LogP contribution < -0.4 is 0 Å². The summed E-state index contributed by atoms with van der Waals surface area (Å²) in [6.07, 6.45) is 0.121. The Hall–Kier alpha value is -0.780. The maximum atomic E-state index is 13.1. The summed E-state index contributed by atoms with van der Waals surface area (Å²) >= 11 is 7.88. The fourth-order valence-electron chi connectivity index (χ4n) is 2.57. The molecule has 2 atom stereocenters. The molecule has 1 aromatic rings. The molecule has 0 radical (unpaired) electrons. The highest BCUT2D eigenvalue weighted by molar-refractivity contribution is 7.99. The first-order chi connectivity index (χ1) is 9.49. The topological polar surface area (TPSA) is 40.5 Å². The van der Waals surface area contributed by atoms with Crippen LogP contribution >= 0.6 is 23.4 Å². The van der Waals surface area contributed by atoms with E-state index in [1.54, 1.807) is 17.8 Å². The van der Waals surface area contributed by atoms with Crippen LogP contribution in [-0.4, -0.2) is 40.1 Å². The normalized spacial score (nSPS) is 21.6. The Bertz CT molecular complexity index is 500. The standard InChI is InChI=1S/C14H17ClFNO2S/c1-9(12-3-2-10(16)6-13(12)15)17-4-5-20-8-11(17)7-14(18)19/h2-3,6,9,11H,4-5,7-8H2,1H3,(H,18,19). The Labute approximate surface area is 127 Å². The van der Waals surface area contributed by atoms with Crippen LogP contribution in [0.2, 0.25) is 5.02 Å². The summed E-state index contributed by atoms with van der Waals surface area (Å²) in [6, 6.07) is 4.35. The number of aliphatic carboxylic acids is 1. The monoisotopic (exact) mass is 317 g/mol. The third-order valence-electron chi connectivity index (χ3n) is 3.59. The lowest BCUT2D eigenvalue weighted by Gasteiger charge is -2.39. The van der Waals surface area contributed by atoms with Crippen molar-refractivity contribution in [1.29, 1.82) is 0 Å². The molecule has 2 unspecified atom stereocenters. The lowest BCUT2D eigenvalue weighted by Crippen LogP contribution is -2.44. The Balaban J connectivity index is 2.20. The summed E-state index contributed by atoms with van der Waals surface area (Å²) in [7, 11) is 0. The predicted molar refractivity (Wildman–Crippen MR) is 79.9 cm³/mol. The molecule has 1 fully saturated rings. The predicted octanol–water partition coefficient (Wildman–Crippen LogP) is 3.43. The molecule has 3 nitrogen and oxygen atoms in total. The second-order valence-corrected chi connectivity index (χ2v) is 6.46. The molecule has 6 heteroatoms. The van der Waals surface area contributed by atoms with Gasteiger partial charge in [0.15, 0.2) is 0 Å². The third kappa shape index (κ3) is 3.65. The van der Waals surface area contributed by atoms with Gasteiger partial charge in [0, 0.05) is 35.2 Å². The van der Waals surface area contributed by atoms with Crippen molar-refractivity contribution in [2.45, 2.75) is 25.4 Å². The van der Waals surface area contributed by atoms with Crippen LogP contribution in [0.3, 0.4) is 0 Å². The summed E-state index contributed by atoms with van der Waals surface area (Å²) in [6.45, 7) is 2.81. The van der Waals surface area contributed by atoms with Crippen LogP contribution in [0.5, 0.6) is 0 Å². The summed E-state index contributed by atoms with van der Waals surface area (Å²) in [4.78, 5) is 13.1. The van der Waals surface area contributed by atoms with Gasteiger partial charge in [0.25, 0.3) is 0 Å². The van der Waals surface area contributed by atoms with Crippen molar-refractivity contribution in [1.82, 2.24) is 4.90 Å². The minimum absolute atomic E-state index is 0.0117. The van der Waals surface area contributed by atoms with E-state index in [0.29, 0.717) is 5.02 Å². The maximum Gasteiger partial charge on any atom is 0.304 e. The van der Waals surface area contributed by atoms with Crippen LogP contribution in [0.1, 0.15) is 24.9 Å². The van der Waals surface area contributed by atoms with Crippen LogP contribution in [0.15, 0.2) is 18.2 Å². The summed E-state index contributed by atoms with van der Waals surface area (Å²) in [5, 5.41) is 9.41. The summed E-state index contributed by atoms with van der Waals surface area (Å²) < 4.78 is 13.1. The Morgan fingerprint density at radius 3 is 3.05 bits per heavy atom. The van der Waals surface area contributed by atoms with Gasteiger partial charge in [0.1, 0.15) is 5.82 Å². The largest absolute Gasteiger partial charge is 0.481 e. The van der Waals surface area contributed by atoms with Crippen molar-refractivity contribution in [3.05, 3.63) is 34.6 Å². The number of thioether (sulfide) groups is 1. The highest BCUT2D eigenvalue weighted by Crippen LogP contribution is 2.32. The van der Waals surface area contributed by atoms with Crippen molar-refractivity contribution >= 4 is 29.3 Å². The van der Waals surface area contributed by atoms with Gasteiger partial charge in [0.05, 0.1) is 6.42 Å². The third-order valence-corrected chi connectivity index (χ3v) is 5.01. The molecule has 1 aromatic carbocycles. The van der Waals surface area contributed by atoms with Gasteiger partial charge in [-0.3, -0.25) is 9.69 Å². The van der Waals surface area contributed by atoms with Crippen molar-refractivity contribution in [3.63, 3.8) is 0 Å². The molecule has 0 saturated carbocycles. The molecule has 0 bridgehead atoms. The van der Waals surface area contributed by atoms with E-state index in [1.165, 1.54) is 12.1 Å². The highest BCUT2D eigenvalue weighted by atomic mass is 35.5. The number of carboxylic acid groups (broad SMARTS) is 1. The van der Waals surface area contributed by atoms with Gasteiger partial charge in [-0.2, -0.15) is 11.8 Å². The summed E-state index contributed by atoms with van der Waals surface area (Å²) in [5.74, 6) is 0.622. The first-order valence-corrected chi connectivity index (χ1v) is 8.02. The number of hydrogen-bond donors (Lipinski definition) is 1. The number of hydrogen-bond acceptors (Lipinski definition) is 3. The summed E-state index contributed by atoms with van der Waals surface area (Å²) in [5.41, 5.74) is 0.843. The zero-order chi connectivity index (χ0) is 14.7. The number of carbonyl (C=O) groups is 1. The van der Waals surface area contributed by atoms with Crippen molar-refractivity contribution < 1.29 is 14.3 Å². The van der Waals surface area contributed by atoms with Crippen LogP contribution in [0.25, 0.3) is 0 Å². The van der Waals surface area contributed by atoms with E-state index in [4.69, 9.17) is 16.7 Å². The number of rotatable bonds is 4. The zero-order valence-corrected chi connectivity index (χ0v) is 12.8. The van der Waals surface area contributed by atoms with Gasteiger partial charge in [-0.15, -0.1) is 0 Å². The molecule has 1 aliphatic heterocycles. The van der Waals surface area contributed by atoms with Crippen molar-refractivity contribution in [3.8, 4) is 0 Å². The minimum Gasteiger partial charge on any atom is -0.481 e. The van der Waals surface area contributed by atoms with E-state index in [1.807, 2.05) is 6.92 Å². The average Bonchev–Trinajstić information content (AvgIpc) is 2.38. The van der Waals surface area contributed by atoms with Gasteiger partial charge >= 0.3 is 5.97 Å². The van der Waals surface area contributed by atoms with E-state index >= 15 is 0 Å². The van der Waals surface area contributed by atoms with Crippen LogP contribution in [-0.2, 0) is 4.79 Å². The number of halogens is 2. The van der Waals surface area contributed by atoms with Gasteiger partial charge in [0.2, 0.25) is 0 Å². The molecule has 1 heterocycles. The first-order valence-electron chi connectivity index (χ1n) is 6.49. The van der Waals surface area contributed by atoms with E-state index in [0.717, 1.165) is 23.6 Å². The molecule has 2 rings (SSSR count). The molecule has 0 amide bonds. The van der Waals surface area contributed by atoms with E-state index in [9.17, 15) is 9.18 Å². The molecule has 0 spiro atoms. The van der Waals surface area contributed by atoms with Crippen molar-refractivity contribution in [2.24, 2.45) is 0 Å². The molecular formula is C14H17ClFNO2S. The number of carboxylic acids is 1. The Morgan fingerprint density at radius 1 is 1.65 bits per heavy atom. The molecule has 0 aliphatic carbocycles. The molecule has 20 heavy (non-hydrogen) atoms. The molecular weight excluding hydrogens is 301 g/mol. The zero-order valence-electron chi connectivity index (χ0n) is 11.2. The maximum absolute atomic E-state index is 13.1. The molecule has 1 saturated heterocycles. The SMILES string of the molecule is CC(c1ccc(F)cc1Cl)N1CCSCC1CC(=O)O. The second kappa shape index (κ2) is 6.78. The first kappa shape index (κ1) is 15.6. The number of benzene rings is 1. The average molecular weight is 318 g/mol. The smallest absolute Gasteiger partial charge is 0.304 e. The molecule has 110 valence electrons. The van der Waals surface area contributed by atoms with Crippen LogP contribution in [0, 0.1) is 5.82 Å². The van der Waals surface area contributed by atoms with E-state index < -0.39 is 5.97 Å². The van der Waals surface area contributed by atoms with Gasteiger partial charge in [-0.25, -0.2) is 4.39 Å². The van der Waals surface area contributed by atoms with Crippen LogP contribution in [0.4, 0.5) is 4.39 Å². The molecule has 1 aliphatic rings. The quantitative estimate of drug-likeness (QED) is 0.923. The fourth-order valence-corrected chi connectivity index (χ4v) is 3.99. The minimum atomic E-state index is -0.792. The van der Waals surface area contributed by atoms with Gasteiger partial charge in [-0.05, 0) is 24.6 Å². The van der Waals surface area contributed by atoms with E-state index in [2.05, 4.69) is 4.90 Å². The van der Waals surface area contributed by atoms with Gasteiger partial charge in [-0.1, -0.05) is 17.7 Å². The highest BCUT2D eigenvalue weighted by Gasteiger charge is 2.30.